The predicted molar refractivity (Wildman–Crippen MR) is 76.1 cm³/mol. The topological polar surface area (TPSA) is 21.3 Å². The number of hydrogen-bond acceptors (Lipinski definition) is 2. The van der Waals surface area contributed by atoms with Gasteiger partial charge in [-0.2, -0.15) is 0 Å². The molecule has 0 saturated carbocycles. The van der Waals surface area contributed by atoms with Crippen molar-refractivity contribution in [2.45, 2.75) is 38.8 Å². The molecule has 1 N–H and O–H groups in total. The fourth-order valence-electron chi connectivity index (χ4n) is 2.57. The summed E-state index contributed by atoms with van der Waals surface area (Å²) < 4.78 is 5.47. The van der Waals surface area contributed by atoms with Crippen LogP contribution in [0.4, 0.5) is 0 Å². The molecule has 100 valence electrons. The summed E-state index contributed by atoms with van der Waals surface area (Å²) in [5, 5.41) is 4.53. The van der Waals surface area contributed by atoms with Crippen LogP contribution in [-0.2, 0) is 11.2 Å². The van der Waals surface area contributed by atoms with Crippen molar-refractivity contribution in [3.8, 4) is 0 Å². The lowest BCUT2D eigenvalue weighted by Crippen LogP contribution is -2.46. The second kappa shape index (κ2) is 6.55. The van der Waals surface area contributed by atoms with Crippen molar-refractivity contribution >= 4 is 11.6 Å². The van der Waals surface area contributed by atoms with Gasteiger partial charge in [-0.05, 0) is 43.4 Å². The van der Waals surface area contributed by atoms with Crippen LogP contribution in [0.5, 0.6) is 0 Å². The Morgan fingerprint density at radius 3 is 3.06 bits per heavy atom. The Bertz CT molecular complexity index is 383. The van der Waals surface area contributed by atoms with Crippen molar-refractivity contribution < 1.29 is 4.74 Å². The molecule has 0 aliphatic carbocycles. The number of rotatable bonds is 4. The van der Waals surface area contributed by atoms with Crippen molar-refractivity contribution in [2.75, 3.05) is 13.2 Å². The van der Waals surface area contributed by atoms with E-state index < -0.39 is 0 Å². The highest BCUT2D eigenvalue weighted by atomic mass is 35.5. The molecule has 18 heavy (non-hydrogen) atoms. The van der Waals surface area contributed by atoms with Crippen LogP contribution in [0, 0.1) is 5.92 Å². The Morgan fingerprint density at radius 1 is 1.50 bits per heavy atom. The van der Waals surface area contributed by atoms with E-state index in [0.29, 0.717) is 18.0 Å². The molecule has 0 spiro atoms. The zero-order valence-electron chi connectivity index (χ0n) is 11.2. The minimum absolute atomic E-state index is 0.467. The molecule has 0 bridgehead atoms. The summed E-state index contributed by atoms with van der Waals surface area (Å²) in [6.45, 7) is 6.25. The summed E-state index contributed by atoms with van der Waals surface area (Å²) in [5.74, 6) is 0.598. The van der Waals surface area contributed by atoms with E-state index >= 15 is 0 Å². The highest BCUT2D eigenvalue weighted by molar-refractivity contribution is 6.30. The van der Waals surface area contributed by atoms with Gasteiger partial charge in [-0.15, -0.1) is 0 Å². The van der Waals surface area contributed by atoms with Crippen LogP contribution in [0.3, 0.4) is 0 Å². The summed E-state index contributed by atoms with van der Waals surface area (Å²) in [6.07, 6.45) is 2.13. The first-order valence-corrected chi connectivity index (χ1v) is 7.11. The Morgan fingerprint density at radius 2 is 2.33 bits per heavy atom. The second-order valence-corrected chi connectivity index (χ2v) is 5.79. The molecule has 0 amide bonds. The fraction of sp³-hybridized carbons (Fsp3) is 0.600. The summed E-state index contributed by atoms with van der Waals surface area (Å²) in [6, 6.07) is 9.16. The van der Waals surface area contributed by atoms with E-state index in [1.54, 1.807) is 0 Å². The number of halogens is 1. The second-order valence-electron chi connectivity index (χ2n) is 5.35. The molecule has 3 atom stereocenters. The van der Waals surface area contributed by atoms with E-state index in [0.717, 1.165) is 31.1 Å². The maximum atomic E-state index is 6.01. The molecule has 0 aromatic heterocycles. The molecule has 1 fully saturated rings. The first-order chi connectivity index (χ1) is 8.65. The third-order valence-electron chi connectivity index (χ3n) is 3.57. The summed E-state index contributed by atoms with van der Waals surface area (Å²) in [5.41, 5.74) is 1.29. The molecular weight excluding hydrogens is 246 g/mol. The Kier molecular flexibility index (Phi) is 5.04. The van der Waals surface area contributed by atoms with Gasteiger partial charge in [-0.25, -0.2) is 0 Å². The minimum Gasteiger partial charge on any atom is -0.381 e. The largest absolute Gasteiger partial charge is 0.381 e. The number of hydrogen-bond donors (Lipinski definition) is 1. The number of nitrogens with one attached hydrogen (secondary N) is 1. The first kappa shape index (κ1) is 13.9. The molecule has 1 heterocycles. The van der Waals surface area contributed by atoms with Crippen LogP contribution < -0.4 is 5.32 Å². The van der Waals surface area contributed by atoms with Gasteiger partial charge >= 0.3 is 0 Å². The van der Waals surface area contributed by atoms with Crippen molar-refractivity contribution in [3.63, 3.8) is 0 Å². The average Bonchev–Trinajstić information content (AvgIpc) is 2.32. The van der Waals surface area contributed by atoms with Gasteiger partial charge in [0.2, 0.25) is 0 Å². The molecule has 1 aromatic rings. The molecule has 2 rings (SSSR count). The van der Waals surface area contributed by atoms with Crippen molar-refractivity contribution in [1.29, 1.82) is 0 Å². The van der Waals surface area contributed by atoms with Crippen LogP contribution in [0.2, 0.25) is 5.02 Å². The van der Waals surface area contributed by atoms with Crippen molar-refractivity contribution in [2.24, 2.45) is 5.92 Å². The molecular formula is C15H22ClNO. The summed E-state index contributed by atoms with van der Waals surface area (Å²) in [7, 11) is 0. The van der Waals surface area contributed by atoms with Crippen molar-refractivity contribution in [3.05, 3.63) is 34.9 Å². The lowest BCUT2D eigenvalue weighted by molar-refractivity contribution is 0.0364. The van der Waals surface area contributed by atoms with Gasteiger partial charge in [0, 0.05) is 23.7 Å². The molecule has 3 unspecified atom stereocenters. The highest BCUT2D eigenvalue weighted by Crippen LogP contribution is 2.16. The van der Waals surface area contributed by atoms with E-state index in [1.807, 2.05) is 18.2 Å². The normalized spacial score (nSPS) is 25.9. The quantitative estimate of drug-likeness (QED) is 0.904. The monoisotopic (exact) mass is 267 g/mol. The number of benzene rings is 1. The lowest BCUT2D eigenvalue weighted by Gasteiger charge is -2.32. The molecule has 3 heteroatoms. The first-order valence-electron chi connectivity index (χ1n) is 6.73. The van der Waals surface area contributed by atoms with Gasteiger partial charge in [-0.3, -0.25) is 0 Å². The Hall–Kier alpha value is -0.570. The minimum atomic E-state index is 0.467. The van der Waals surface area contributed by atoms with E-state index in [-0.39, 0.29) is 0 Å². The zero-order chi connectivity index (χ0) is 13.0. The maximum Gasteiger partial charge on any atom is 0.0506 e. The molecule has 0 radical (unpaired) electrons. The average molecular weight is 268 g/mol. The van der Waals surface area contributed by atoms with E-state index in [2.05, 4.69) is 25.2 Å². The highest BCUT2D eigenvalue weighted by Gasteiger charge is 2.22. The van der Waals surface area contributed by atoms with Crippen LogP contribution in [0.1, 0.15) is 25.8 Å². The van der Waals surface area contributed by atoms with Crippen LogP contribution in [-0.4, -0.2) is 25.3 Å². The molecule has 2 nitrogen and oxygen atoms in total. The van der Waals surface area contributed by atoms with Gasteiger partial charge < -0.3 is 10.1 Å². The van der Waals surface area contributed by atoms with Crippen molar-refractivity contribution in [1.82, 2.24) is 5.32 Å². The van der Waals surface area contributed by atoms with Gasteiger partial charge in [0.05, 0.1) is 6.61 Å². The third kappa shape index (κ3) is 3.98. The van der Waals surface area contributed by atoms with Crippen LogP contribution in [0.15, 0.2) is 24.3 Å². The lowest BCUT2D eigenvalue weighted by atomic mass is 9.96. The third-order valence-corrected chi connectivity index (χ3v) is 3.81. The Balaban J connectivity index is 1.86. The SMILES string of the molecule is CC(Cc1cccc(Cl)c1)NC1CCOCC1C. The standard InChI is InChI=1S/C15H22ClNO/c1-11-10-18-7-6-15(11)17-12(2)8-13-4-3-5-14(16)9-13/h3-5,9,11-12,15,17H,6-8,10H2,1-2H3. The van der Waals surface area contributed by atoms with Gasteiger partial charge in [0.1, 0.15) is 0 Å². The molecule has 1 aliphatic heterocycles. The van der Waals surface area contributed by atoms with E-state index in [1.165, 1.54) is 5.56 Å². The maximum absolute atomic E-state index is 6.01. The Labute approximate surface area is 115 Å². The van der Waals surface area contributed by atoms with Gasteiger partial charge in [-0.1, -0.05) is 30.7 Å². The number of ether oxygens (including phenoxy) is 1. The van der Waals surface area contributed by atoms with E-state index in [4.69, 9.17) is 16.3 Å². The van der Waals surface area contributed by atoms with Crippen LogP contribution >= 0.6 is 11.6 Å². The smallest absolute Gasteiger partial charge is 0.0506 e. The predicted octanol–water partition coefficient (Wildman–Crippen LogP) is 3.29. The van der Waals surface area contributed by atoms with E-state index in [9.17, 15) is 0 Å². The summed E-state index contributed by atoms with van der Waals surface area (Å²) in [4.78, 5) is 0. The van der Waals surface area contributed by atoms with Gasteiger partial charge in [0.15, 0.2) is 0 Å². The van der Waals surface area contributed by atoms with Gasteiger partial charge in [0.25, 0.3) is 0 Å². The molecule has 1 saturated heterocycles. The molecule has 1 aliphatic rings. The zero-order valence-corrected chi connectivity index (χ0v) is 11.9. The summed E-state index contributed by atoms with van der Waals surface area (Å²) >= 11 is 6.01. The van der Waals surface area contributed by atoms with Crippen LogP contribution in [0.25, 0.3) is 0 Å². The fourth-order valence-corrected chi connectivity index (χ4v) is 2.78. The molecule has 1 aromatic carbocycles.